The summed E-state index contributed by atoms with van der Waals surface area (Å²) in [4.78, 5) is 14.9. The summed E-state index contributed by atoms with van der Waals surface area (Å²) in [5.41, 5.74) is 2.57. The van der Waals surface area contributed by atoms with E-state index in [0.29, 0.717) is 0 Å². The molecule has 0 amide bonds. The molecule has 8 heteroatoms. The van der Waals surface area contributed by atoms with E-state index in [4.69, 9.17) is 9.53 Å². The van der Waals surface area contributed by atoms with Crippen molar-refractivity contribution in [2.24, 2.45) is 4.85 Å². The summed E-state index contributed by atoms with van der Waals surface area (Å²) in [6.45, 7) is 12.3. The lowest BCUT2D eigenvalue weighted by Gasteiger charge is -2.39. The van der Waals surface area contributed by atoms with Gasteiger partial charge < -0.3 is 9.53 Å². The molecule has 0 saturated heterocycles. The molecule has 2 N–H and O–H groups in total. The van der Waals surface area contributed by atoms with Crippen LogP contribution in [0.2, 0.25) is 18.1 Å². The van der Waals surface area contributed by atoms with Crippen LogP contribution < -0.4 is 5.43 Å². The predicted molar refractivity (Wildman–Crippen MR) is 80.4 cm³/mol. The summed E-state index contributed by atoms with van der Waals surface area (Å²) >= 11 is 4.69. The van der Waals surface area contributed by atoms with Gasteiger partial charge in [-0.05, 0) is 36.9 Å². The van der Waals surface area contributed by atoms with Crippen LogP contribution in [0.3, 0.4) is 0 Å². The van der Waals surface area contributed by atoms with Crippen molar-refractivity contribution in [2.75, 3.05) is 0 Å². The zero-order valence-corrected chi connectivity index (χ0v) is 14.6. The molecule has 0 spiro atoms. The first-order valence-corrected chi connectivity index (χ1v) is 10.7. The van der Waals surface area contributed by atoms with Gasteiger partial charge in [-0.25, -0.2) is 0 Å². The van der Waals surface area contributed by atoms with Crippen LogP contribution in [0, 0.1) is 0 Å². The average Bonchev–Trinajstić information content (AvgIpc) is 2.14. The third-order valence-corrected chi connectivity index (χ3v) is 8.34. The highest BCUT2D eigenvalue weighted by atomic mass is 32.4. The van der Waals surface area contributed by atoms with Crippen LogP contribution in [0.5, 0.6) is 0 Å². The van der Waals surface area contributed by atoms with Gasteiger partial charge >= 0.3 is 5.97 Å². The molecular formula is C10H23N2O3PSSi. The summed E-state index contributed by atoms with van der Waals surface area (Å²) in [5, 5.41) is 9.19. The van der Waals surface area contributed by atoms with Crippen molar-refractivity contribution in [3.8, 4) is 0 Å². The van der Waals surface area contributed by atoms with E-state index in [1.807, 2.05) is 0 Å². The lowest BCUT2D eigenvalue weighted by atomic mass is 10.2. The Morgan fingerprint density at radius 2 is 2.00 bits per heavy atom. The van der Waals surface area contributed by atoms with Crippen LogP contribution in [-0.2, 0) is 21.0 Å². The molecule has 0 saturated carbocycles. The third-order valence-electron chi connectivity index (χ3n) is 3.27. The Morgan fingerprint density at radius 3 is 2.33 bits per heavy atom. The second-order valence-corrected chi connectivity index (χ2v) is 11.4. The number of carboxylic acid groups (broad SMARTS) is 1. The molecule has 0 aromatic heterocycles. The quantitative estimate of drug-likeness (QED) is 0.448. The van der Waals surface area contributed by atoms with Gasteiger partial charge in [0.2, 0.25) is 0 Å². The molecule has 0 rings (SSSR count). The fourth-order valence-electron chi connectivity index (χ4n) is 1.17. The zero-order valence-electron chi connectivity index (χ0n) is 11.8. The maximum Gasteiger partial charge on any atom is 0.325 e. The summed E-state index contributed by atoms with van der Waals surface area (Å²) in [7, 11) is -2.08. The van der Waals surface area contributed by atoms with E-state index in [1.54, 1.807) is 6.92 Å². The Morgan fingerprint density at radius 1 is 1.50 bits per heavy atom. The van der Waals surface area contributed by atoms with Gasteiger partial charge in [0.25, 0.3) is 0 Å². The molecule has 0 heterocycles. The monoisotopic (exact) mass is 310 g/mol. The van der Waals surface area contributed by atoms with Crippen molar-refractivity contribution in [1.82, 2.24) is 5.43 Å². The first kappa shape index (κ1) is 17.9. The van der Waals surface area contributed by atoms with Gasteiger partial charge in [0, 0.05) is 7.15 Å². The fourth-order valence-corrected chi connectivity index (χ4v) is 2.94. The molecule has 3 atom stereocenters. The molecule has 0 aromatic rings. The van der Waals surface area contributed by atoms with E-state index in [0.717, 1.165) is 0 Å². The van der Waals surface area contributed by atoms with Crippen molar-refractivity contribution in [2.45, 2.75) is 58.0 Å². The van der Waals surface area contributed by atoms with Crippen molar-refractivity contribution in [3.63, 3.8) is 0 Å². The van der Waals surface area contributed by atoms with Crippen molar-refractivity contribution >= 4 is 33.2 Å². The first-order valence-electron chi connectivity index (χ1n) is 5.76. The smallest absolute Gasteiger partial charge is 0.325 e. The number of nitrogens with one attached hydrogen (secondary N) is 1. The molecular weight excluding hydrogens is 287 g/mol. The second-order valence-electron chi connectivity index (χ2n) is 5.73. The van der Waals surface area contributed by atoms with E-state index in [-0.39, 0.29) is 12.2 Å². The van der Waals surface area contributed by atoms with E-state index >= 15 is 0 Å². The molecule has 18 heavy (non-hydrogen) atoms. The van der Waals surface area contributed by atoms with Gasteiger partial charge in [-0.1, -0.05) is 20.8 Å². The van der Waals surface area contributed by atoms with Crippen LogP contribution in [-0.4, -0.2) is 31.5 Å². The number of carboxylic acids is 1. The number of rotatable bonds is 6. The minimum Gasteiger partial charge on any atom is -0.480 e. The molecule has 0 aliphatic heterocycles. The number of aliphatic carboxylic acids is 1. The third kappa shape index (κ3) is 5.28. The minimum absolute atomic E-state index is 0.0429. The van der Waals surface area contributed by atoms with Crippen LogP contribution in [0.4, 0.5) is 0 Å². The van der Waals surface area contributed by atoms with E-state index in [1.165, 1.54) is 0 Å². The zero-order chi connectivity index (χ0) is 14.6. The van der Waals surface area contributed by atoms with Crippen molar-refractivity contribution < 1.29 is 14.3 Å². The lowest BCUT2D eigenvalue weighted by molar-refractivity contribution is -0.141. The molecule has 0 aliphatic rings. The predicted octanol–water partition coefficient (Wildman–Crippen LogP) is 2.68. The number of hydrogen-bond acceptors (Lipinski definition) is 4. The largest absolute Gasteiger partial charge is 0.480 e. The van der Waals surface area contributed by atoms with Crippen LogP contribution in [0.1, 0.15) is 27.7 Å². The highest BCUT2D eigenvalue weighted by Gasteiger charge is 2.40. The Balaban J connectivity index is 4.85. The van der Waals surface area contributed by atoms with Crippen LogP contribution in [0.15, 0.2) is 4.85 Å². The molecule has 3 unspecified atom stereocenters. The molecule has 0 radical (unpaired) electrons. The average molecular weight is 310 g/mol. The maximum absolute atomic E-state index is 11.2. The van der Waals surface area contributed by atoms with Gasteiger partial charge in [-0.2, -0.15) is 10.3 Å². The number of hydrogen-bond donors (Lipinski definition) is 2. The van der Waals surface area contributed by atoms with Crippen LogP contribution >= 0.6 is 7.15 Å². The summed E-state index contributed by atoms with van der Waals surface area (Å²) in [6.07, 6.45) is -0.446. The van der Waals surface area contributed by atoms with Crippen LogP contribution in [0.25, 0.3) is 0 Å². The van der Waals surface area contributed by atoms with Gasteiger partial charge in [-0.15, -0.1) is 0 Å². The molecule has 106 valence electrons. The summed E-state index contributed by atoms with van der Waals surface area (Å²) in [5.74, 6) is -0.974. The fraction of sp³-hybridized carbons (Fsp3) is 0.900. The van der Waals surface area contributed by atoms with E-state index in [2.05, 4.69) is 56.0 Å². The first-order chi connectivity index (χ1) is 8.03. The van der Waals surface area contributed by atoms with Gasteiger partial charge in [0.05, 0.1) is 6.10 Å². The molecule has 5 nitrogen and oxygen atoms in total. The molecule has 0 bridgehead atoms. The van der Waals surface area contributed by atoms with E-state index in [9.17, 15) is 4.79 Å². The SMILES string of the molecule is CC(O[Si](C)(C)C(C)(C)C)C(NN=[PH]=S)C(=O)O. The normalized spacial score (nSPS) is 16.3. The van der Waals surface area contributed by atoms with E-state index < -0.39 is 26.4 Å². The highest BCUT2D eigenvalue weighted by Crippen LogP contribution is 2.37. The molecule has 0 fully saturated rings. The Bertz CT molecular complexity index is 354. The number of carbonyl (C=O) groups is 1. The van der Waals surface area contributed by atoms with Crippen molar-refractivity contribution in [3.05, 3.63) is 0 Å². The van der Waals surface area contributed by atoms with Gasteiger partial charge in [0.15, 0.2) is 14.4 Å². The molecule has 0 aromatic carbocycles. The standard InChI is InChI=1S/C10H23N2O3PSSi/c1-7(8(9(13)14)11-12-16-17)15-18(5,6)10(2,3)4/h7-8,11,16H,1-6H3,(H,13,14). The maximum atomic E-state index is 11.2. The topological polar surface area (TPSA) is 70.9 Å². The Labute approximate surface area is 116 Å². The summed E-state index contributed by atoms with van der Waals surface area (Å²) in [6, 6.07) is -0.852. The summed E-state index contributed by atoms with van der Waals surface area (Å²) < 4.78 is 6.03. The highest BCUT2D eigenvalue weighted by molar-refractivity contribution is 7.92. The van der Waals surface area contributed by atoms with Gasteiger partial charge in [0.1, 0.15) is 0 Å². The van der Waals surface area contributed by atoms with Gasteiger partial charge in [-0.3, -0.25) is 4.79 Å². The Hall–Kier alpha value is -0.0731. The second kappa shape index (κ2) is 6.91. The number of nitrogens with zero attached hydrogens (tertiary/aromatic N) is 1. The Kier molecular flexibility index (Phi) is 6.88. The lowest BCUT2D eigenvalue weighted by Crippen LogP contribution is -2.51. The van der Waals surface area contributed by atoms with Crippen molar-refractivity contribution in [1.29, 1.82) is 0 Å². The minimum atomic E-state index is -1.98. The molecule has 0 aliphatic carbocycles.